The lowest BCUT2D eigenvalue weighted by Crippen LogP contribution is -2.36. The van der Waals surface area contributed by atoms with Gasteiger partial charge in [0.2, 0.25) is 0 Å². The van der Waals surface area contributed by atoms with E-state index in [0.717, 1.165) is 36.3 Å². The molecular formula is C13H15NO3. The number of benzene rings is 1. The van der Waals surface area contributed by atoms with Crippen molar-refractivity contribution >= 4 is 11.1 Å². The summed E-state index contributed by atoms with van der Waals surface area (Å²) in [7, 11) is 1.74. The van der Waals surface area contributed by atoms with Crippen LogP contribution in [0, 0.1) is 5.92 Å². The summed E-state index contributed by atoms with van der Waals surface area (Å²) in [5.41, 5.74) is 1.64. The summed E-state index contributed by atoms with van der Waals surface area (Å²) in [5.74, 6) is 1.52. The van der Waals surface area contributed by atoms with Gasteiger partial charge in [0.15, 0.2) is 12.0 Å². The highest BCUT2D eigenvalue weighted by Gasteiger charge is 2.30. The van der Waals surface area contributed by atoms with Gasteiger partial charge in [-0.25, -0.2) is 4.98 Å². The molecule has 1 aliphatic carbocycles. The lowest BCUT2D eigenvalue weighted by atomic mass is 9.83. The number of aromatic nitrogens is 1. The first kappa shape index (κ1) is 10.6. The highest BCUT2D eigenvalue weighted by atomic mass is 16.5. The molecule has 2 aromatic rings. The minimum atomic E-state index is 0.319. The van der Waals surface area contributed by atoms with Crippen LogP contribution in [0.25, 0.3) is 11.1 Å². The Balaban J connectivity index is 1.62. The molecule has 0 saturated heterocycles. The number of hydrogen-bond acceptors (Lipinski definition) is 4. The highest BCUT2D eigenvalue weighted by molar-refractivity contribution is 5.73. The Hall–Kier alpha value is -1.55. The maximum absolute atomic E-state index is 5.87. The predicted molar refractivity (Wildman–Crippen MR) is 63.0 cm³/mol. The van der Waals surface area contributed by atoms with Crippen molar-refractivity contribution in [2.45, 2.75) is 18.9 Å². The van der Waals surface area contributed by atoms with Gasteiger partial charge in [-0.05, 0) is 30.9 Å². The van der Waals surface area contributed by atoms with E-state index in [1.165, 1.54) is 6.39 Å². The lowest BCUT2D eigenvalue weighted by Gasteiger charge is -2.34. The molecule has 0 spiro atoms. The Bertz CT molecular complexity index is 502. The second-order valence-electron chi connectivity index (χ2n) is 4.51. The maximum Gasteiger partial charge on any atom is 0.181 e. The summed E-state index contributed by atoms with van der Waals surface area (Å²) in [4.78, 5) is 4.11. The molecule has 1 aliphatic rings. The standard InChI is InChI=1S/C13H15NO3/c1-15-7-9-4-11(5-9)17-10-2-3-13-12(6-10)14-8-16-13/h2-3,6,8-9,11H,4-5,7H2,1H3/t9-,11-. The van der Waals surface area contributed by atoms with Crippen LogP contribution in [0.15, 0.2) is 29.0 Å². The summed E-state index contributed by atoms with van der Waals surface area (Å²) in [6.45, 7) is 0.835. The van der Waals surface area contributed by atoms with Crippen molar-refractivity contribution in [1.29, 1.82) is 0 Å². The summed E-state index contributed by atoms with van der Waals surface area (Å²) in [5, 5.41) is 0. The fourth-order valence-electron chi connectivity index (χ4n) is 2.25. The Morgan fingerprint density at radius 3 is 3.12 bits per heavy atom. The number of fused-ring (bicyclic) bond motifs is 1. The third-order valence-electron chi connectivity index (χ3n) is 3.20. The number of rotatable bonds is 4. The molecule has 1 saturated carbocycles. The van der Waals surface area contributed by atoms with E-state index < -0.39 is 0 Å². The van der Waals surface area contributed by atoms with Gasteiger partial charge in [-0.2, -0.15) is 0 Å². The number of oxazole rings is 1. The average molecular weight is 233 g/mol. The molecule has 1 heterocycles. The molecule has 0 radical (unpaired) electrons. The summed E-state index contributed by atoms with van der Waals surface area (Å²) >= 11 is 0. The van der Waals surface area contributed by atoms with Gasteiger partial charge in [0.1, 0.15) is 11.3 Å². The molecule has 0 atom stereocenters. The summed E-state index contributed by atoms with van der Waals surface area (Å²) in [6, 6.07) is 5.74. The van der Waals surface area contributed by atoms with Gasteiger partial charge in [-0.1, -0.05) is 0 Å². The molecule has 90 valence electrons. The maximum atomic E-state index is 5.87. The zero-order valence-corrected chi connectivity index (χ0v) is 9.76. The molecule has 1 fully saturated rings. The van der Waals surface area contributed by atoms with Crippen LogP contribution >= 0.6 is 0 Å². The molecule has 17 heavy (non-hydrogen) atoms. The van der Waals surface area contributed by atoms with E-state index in [1.54, 1.807) is 7.11 Å². The van der Waals surface area contributed by atoms with Gasteiger partial charge < -0.3 is 13.9 Å². The molecule has 0 unspecified atom stereocenters. The summed E-state index contributed by atoms with van der Waals surface area (Å²) in [6.07, 6.45) is 3.92. The Morgan fingerprint density at radius 1 is 1.41 bits per heavy atom. The van der Waals surface area contributed by atoms with E-state index in [4.69, 9.17) is 13.9 Å². The largest absolute Gasteiger partial charge is 0.490 e. The smallest absolute Gasteiger partial charge is 0.181 e. The topological polar surface area (TPSA) is 44.5 Å². The van der Waals surface area contributed by atoms with E-state index in [0.29, 0.717) is 12.0 Å². The molecular weight excluding hydrogens is 218 g/mol. The van der Waals surface area contributed by atoms with Crippen LogP contribution in [0.1, 0.15) is 12.8 Å². The van der Waals surface area contributed by atoms with Crippen LogP contribution in [0.4, 0.5) is 0 Å². The fraction of sp³-hybridized carbons (Fsp3) is 0.462. The second kappa shape index (κ2) is 4.37. The Kier molecular flexibility index (Phi) is 2.73. The number of ether oxygens (including phenoxy) is 2. The van der Waals surface area contributed by atoms with Crippen molar-refractivity contribution in [3.63, 3.8) is 0 Å². The molecule has 1 aromatic heterocycles. The van der Waals surface area contributed by atoms with Crippen molar-refractivity contribution < 1.29 is 13.9 Å². The van der Waals surface area contributed by atoms with Gasteiger partial charge in [-0.15, -0.1) is 0 Å². The van der Waals surface area contributed by atoms with Gasteiger partial charge in [0.25, 0.3) is 0 Å². The fourth-order valence-corrected chi connectivity index (χ4v) is 2.25. The van der Waals surface area contributed by atoms with Crippen molar-refractivity contribution in [1.82, 2.24) is 4.98 Å². The molecule has 4 nitrogen and oxygen atoms in total. The van der Waals surface area contributed by atoms with Crippen LogP contribution in [0.3, 0.4) is 0 Å². The zero-order valence-electron chi connectivity index (χ0n) is 9.76. The molecule has 1 aromatic carbocycles. The van der Waals surface area contributed by atoms with Crippen LogP contribution in [0.5, 0.6) is 5.75 Å². The van der Waals surface area contributed by atoms with Gasteiger partial charge in [0.05, 0.1) is 6.10 Å². The zero-order chi connectivity index (χ0) is 11.7. The van der Waals surface area contributed by atoms with E-state index in [9.17, 15) is 0 Å². The Morgan fingerprint density at radius 2 is 2.29 bits per heavy atom. The van der Waals surface area contributed by atoms with Gasteiger partial charge in [0, 0.05) is 19.8 Å². The number of hydrogen-bond donors (Lipinski definition) is 0. The normalized spacial score (nSPS) is 23.6. The first-order valence-electron chi connectivity index (χ1n) is 5.84. The highest BCUT2D eigenvalue weighted by Crippen LogP contribution is 2.32. The van der Waals surface area contributed by atoms with Crippen molar-refractivity contribution in [3.8, 4) is 5.75 Å². The van der Waals surface area contributed by atoms with E-state index in [-0.39, 0.29) is 0 Å². The quantitative estimate of drug-likeness (QED) is 0.814. The monoisotopic (exact) mass is 233 g/mol. The van der Waals surface area contributed by atoms with Crippen LogP contribution in [-0.2, 0) is 4.74 Å². The SMILES string of the molecule is COC[C@H]1C[C@H](Oc2ccc3ocnc3c2)C1. The summed E-state index contributed by atoms with van der Waals surface area (Å²) < 4.78 is 16.2. The van der Waals surface area contributed by atoms with E-state index in [2.05, 4.69) is 4.98 Å². The van der Waals surface area contributed by atoms with Crippen molar-refractivity contribution in [2.75, 3.05) is 13.7 Å². The van der Waals surface area contributed by atoms with Crippen molar-refractivity contribution in [3.05, 3.63) is 24.6 Å². The Labute approximate surface area is 99.5 Å². The van der Waals surface area contributed by atoms with Crippen LogP contribution in [-0.4, -0.2) is 24.8 Å². The third kappa shape index (κ3) is 2.13. The molecule has 3 rings (SSSR count). The molecule has 0 N–H and O–H groups in total. The average Bonchev–Trinajstić information content (AvgIpc) is 2.73. The minimum absolute atomic E-state index is 0.319. The van der Waals surface area contributed by atoms with Gasteiger partial charge >= 0.3 is 0 Å². The van der Waals surface area contributed by atoms with E-state index >= 15 is 0 Å². The molecule has 0 aliphatic heterocycles. The van der Waals surface area contributed by atoms with E-state index in [1.807, 2.05) is 18.2 Å². The molecule has 4 heteroatoms. The first-order valence-corrected chi connectivity index (χ1v) is 5.84. The first-order chi connectivity index (χ1) is 8.35. The second-order valence-corrected chi connectivity index (χ2v) is 4.51. The molecule has 0 amide bonds. The van der Waals surface area contributed by atoms with Gasteiger partial charge in [-0.3, -0.25) is 0 Å². The number of nitrogens with zero attached hydrogens (tertiary/aromatic N) is 1. The van der Waals surface area contributed by atoms with Crippen LogP contribution < -0.4 is 4.74 Å². The lowest BCUT2D eigenvalue weighted by molar-refractivity contribution is 0.0182. The minimum Gasteiger partial charge on any atom is -0.490 e. The van der Waals surface area contributed by atoms with Crippen LogP contribution in [0.2, 0.25) is 0 Å². The molecule has 0 bridgehead atoms. The predicted octanol–water partition coefficient (Wildman–Crippen LogP) is 2.63. The number of methoxy groups -OCH3 is 1. The third-order valence-corrected chi connectivity index (χ3v) is 3.20. The van der Waals surface area contributed by atoms with Crippen molar-refractivity contribution in [2.24, 2.45) is 5.92 Å².